The second kappa shape index (κ2) is 4.49. The molecule has 0 radical (unpaired) electrons. The summed E-state index contributed by atoms with van der Waals surface area (Å²) >= 11 is 0. The largest absolute Gasteiger partial charge is 0.489 e. The summed E-state index contributed by atoms with van der Waals surface area (Å²) in [5.74, 6) is 2.03. The molecule has 1 aliphatic rings. The molecule has 1 unspecified atom stereocenters. The highest BCUT2D eigenvalue weighted by molar-refractivity contribution is 5.47. The average molecular weight is 238 g/mol. The molecule has 1 aliphatic heterocycles. The summed E-state index contributed by atoms with van der Waals surface area (Å²) in [6, 6.07) is 17.1. The SMILES string of the molecule is CC(C)C1c2ccccc2COc2ccccc21. The van der Waals surface area contributed by atoms with Crippen LogP contribution in [0.5, 0.6) is 5.75 Å². The Morgan fingerprint density at radius 3 is 2.39 bits per heavy atom. The van der Waals surface area contributed by atoms with E-state index in [1.807, 2.05) is 6.07 Å². The van der Waals surface area contributed by atoms with E-state index in [2.05, 4.69) is 56.3 Å². The minimum Gasteiger partial charge on any atom is -0.489 e. The molecule has 1 nitrogen and oxygen atoms in total. The molecule has 1 heteroatoms. The minimum atomic E-state index is 0.430. The third kappa shape index (κ3) is 1.80. The molecule has 0 aliphatic carbocycles. The molecule has 3 rings (SSSR count). The number of rotatable bonds is 1. The van der Waals surface area contributed by atoms with Crippen molar-refractivity contribution in [2.45, 2.75) is 26.4 Å². The van der Waals surface area contributed by atoms with Crippen molar-refractivity contribution in [1.29, 1.82) is 0 Å². The number of para-hydroxylation sites is 1. The normalized spacial score (nSPS) is 17.6. The van der Waals surface area contributed by atoms with Gasteiger partial charge in [-0.05, 0) is 23.1 Å². The van der Waals surface area contributed by atoms with Gasteiger partial charge in [0.25, 0.3) is 0 Å². The zero-order chi connectivity index (χ0) is 12.5. The Hall–Kier alpha value is -1.76. The molecule has 92 valence electrons. The van der Waals surface area contributed by atoms with Crippen molar-refractivity contribution in [2.24, 2.45) is 5.92 Å². The lowest BCUT2D eigenvalue weighted by atomic mass is 9.81. The summed E-state index contributed by atoms with van der Waals surface area (Å²) in [7, 11) is 0. The monoisotopic (exact) mass is 238 g/mol. The van der Waals surface area contributed by atoms with Gasteiger partial charge in [-0.25, -0.2) is 0 Å². The fourth-order valence-electron chi connectivity index (χ4n) is 2.88. The van der Waals surface area contributed by atoms with E-state index in [0.29, 0.717) is 18.4 Å². The second-order valence-corrected chi connectivity index (χ2v) is 5.25. The van der Waals surface area contributed by atoms with E-state index in [9.17, 15) is 0 Å². The van der Waals surface area contributed by atoms with E-state index < -0.39 is 0 Å². The molecule has 2 aromatic carbocycles. The fraction of sp³-hybridized carbons (Fsp3) is 0.294. The van der Waals surface area contributed by atoms with E-state index in [1.54, 1.807) is 0 Å². The standard InChI is InChI=1S/C17H18O/c1-12(2)17-14-8-4-3-7-13(14)11-18-16-10-6-5-9-15(16)17/h3-10,12,17H,11H2,1-2H3. The third-order valence-corrected chi connectivity index (χ3v) is 3.69. The van der Waals surface area contributed by atoms with Gasteiger partial charge >= 0.3 is 0 Å². The van der Waals surface area contributed by atoms with Crippen molar-refractivity contribution in [3.8, 4) is 5.75 Å². The van der Waals surface area contributed by atoms with E-state index in [-0.39, 0.29) is 0 Å². The summed E-state index contributed by atoms with van der Waals surface area (Å²) in [5.41, 5.74) is 4.04. The van der Waals surface area contributed by atoms with Gasteiger partial charge in [-0.1, -0.05) is 56.3 Å². The fourth-order valence-corrected chi connectivity index (χ4v) is 2.88. The molecule has 2 aromatic rings. The van der Waals surface area contributed by atoms with E-state index in [4.69, 9.17) is 4.74 Å². The third-order valence-electron chi connectivity index (χ3n) is 3.69. The first-order valence-corrected chi connectivity index (χ1v) is 6.57. The summed E-state index contributed by atoms with van der Waals surface area (Å²) in [4.78, 5) is 0. The zero-order valence-electron chi connectivity index (χ0n) is 10.9. The molecular weight excluding hydrogens is 220 g/mol. The molecule has 0 amide bonds. The molecule has 0 spiro atoms. The Labute approximate surface area is 108 Å². The van der Waals surface area contributed by atoms with Gasteiger partial charge in [-0.2, -0.15) is 0 Å². The maximum Gasteiger partial charge on any atom is 0.123 e. The van der Waals surface area contributed by atoms with Crippen molar-refractivity contribution in [2.75, 3.05) is 0 Å². The lowest BCUT2D eigenvalue weighted by Gasteiger charge is -2.22. The molecule has 1 atom stereocenters. The summed E-state index contributed by atoms with van der Waals surface area (Å²) in [5, 5.41) is 0. The Balaban J connectivity index is 2.21. The number of ether oxygens (including phenoxy) is 1. The summed E-state index contributed by atoms with van der Waals surface area (Å²) < 4.78 is 5.96. The van der Waals surface area contributed by atoms with Gasteiger partial charge < -0.3 is 4.74 Å². The van der Waals surface area contributed by atoms with Crippen LogP contribution in [-0.2, 0) is 6.61 Å². The van der Waals surface area contributed by atoms with Crippen LogP contribution in [0.1, 0.15) is 36.5 Å². The van der Waals surface area contributed by atoms with Crippen LogP contribution in [0.15, 0.2) is 48.5 Å². The van der Waals surface area contributed by atoms with Crippen LogP contribution in [0.25, 0.3) is 0 Å². The lowest BCUT2D eigenvalue weighted by Crippen LogP contribution is -2.09. The van der Waals surface area contributed by atoms with Gasteiger partial charge in [0, 0.05) is 11.5 Å². The molecule has 0 fully saturated rings. The van der Waals surface area contributed by atoms with Crippen molar-refractivity contribution in [3.63, 3.8) is 0 Å². The minimum absolute atomic E-state index is 0.430. The number of benzene rings is 2. The molecule has 1 heterocycles. The predicted molar refractivity (Wildman–Crippen MR) is 73.9 cm³/mol. The number of hydrogen-bond donors (Lipinski definition) is 0. The lowest BCUT2D eigenvalue weighted by molar-refractivity contribution is 0.306. The number of hydrogen-bond acceptors (Lipinski definition) is 1. The molecular formula is C17H18O. The van der Waals surface area contributed by atoms with Gasteiger partial charge in [0.1, 0.15) is 12.4 Å². The average Bonchev–Trinajstić information content (AvgIpc) is 2.55. The van der Waals surface area contributed by atoms with E-state index in [1.165, 1.54) is 16.7 Å². The Morgan fingerprint density at radius 1 is 0.944 bits per heavy atom. The summed E-state index contributed by atoms with van der Waals surface area (Å²) in [6.07, 6.45) is 0. The van der Waals surface area contributed by atoms with Crippen molar-refractivity contribution >= 4 is 0 Å². The first-order chi connectivity index (χ1) is 8.77. The maximum absolute atomic E-state index is 5.96. The second-order valence-electron chi connectivity index (χ2n) is 5.25. The highest BCUT2D eigenvalue weighted by Gasteiger charge is 2.26. The Bertz CT molecular complexity index is 510. The van der Waals surface area contributed by atoms with Gasteiger partial charge in [0.2, 0.25) is 0 Å². The molecule has 0 N–H and O–H groups in total. The van der Waals surface area contributed by atoms with Crippen molar-refractivity contribution < 1.29 is 4.74 Å². The van der Waals surface area contributed by atoms with Gasteiger partial charge in [-0.3, -0.25) is 0 Å². The van der Waals surface area contributed by atoms with Crippen molar-refractivity contribution in [1.82, 2.24) is 0 Å². The maximum atomic E-state index is 5.96. The first kappa shape index (κ1) is 11.3. The molecule has 0 saturated heterocycles. The predicted octanol–water partition coefficient (Wildman–Crippen LogP) is 4.37. The van der Waals surface area contributed by atoms with Crippen molar-refractivity contribution in [3.05, 3.63) is 65.2 Å². The molecule has 0 saturated carbocycles. The highest BCUT2D eigenvalue weighted by atomic mass is 16.5. The highest BCUT2D eigenvalue weighted by Crippen LogP contribution is 2.41. The van der Waals surface area contributed by atoms with Gasteiger partial charge in [0.15, 0.2) is 0 Å². The topological polar surface area (TPSA) is 9.23 Å². The number of fused-ring (bicyclic) bond motifs is 2. The van der Waals surface area contributed by atoms with Crippen LogP contribution in [0.3, 0.4) is 0 Å². The first-order valence-electron chi connectivity index (χ1n) is 6.57. The summed E-state index contributed by atoms with van der Waals surface area (Å²) in [6.45, 7) is 5.24. The van der Waals surface area contributed by atoms with Crippen LogP contribution in [0, 0.1) is 5.92 Å². The van der Waals surface area contributed by atoms with Crippen LogP contribution < -0.4 is 4.74 Å². The van der Waals surface area contributed by atoms with Gasteiger partial charge in [0.05, 0.1) is 0 Å². The Kier molecular flexibility index (Phi) is 2.83. The van der Waals surface area contributed by atoms with E-state index in [0.717, 1.165) is 5.75 Å². The molecule has 0 aromatic heterocycles. The van der Waals surface area contributed by atoms with Crippen LogP contribution >= 0.6 is 0 Å². The van der Waals surface area contributed by atoms with Crippen LogP contribution in [0.4, 0.5) is 0 Å². The van der Waals surface area contributed by atoms with E-state index >= 15 is 0 Å². The smallest absolute Gasteiger partial charge is 0.123 e. The zero-order valence-corrected chi connectivity index (χ0v) is 10.9. The molecule has 18 heavy (non-hydrogen) atoms. The van der Waals surface area contributed by atoms with Gasteiger partial charge in [-0.15, -0.1) is 0 Å². The Morgan fingerprint density at radius 2 is 1.61 bits per heavy atom. The molecule has 0 bridgehead atoms. The quantitative estimate of drug-likeness (QED) is 0.717. The van der Waals surface area contributed by atoms with Crippen LogP contribution in [0.2, 0.25) is 0 Å². The van der Waals surface area contributed by atoms with Crippen LogP contribution in [-0.4, -0.2) is 0 Å².